The first kappa shape index (κ1) is 41.0. The average Bonchev–Trinajstić information content (AvgIpc) is 3.13. The number of rotatable bonds is 13. The van der Waals surface area contributed by atoms with E-state index in [0.717, 1.165) is 10.8 Å². The summed E-state index contributed by atoms with van der Waals surface area (Å²) in [6, 6.07) is 41.3. The monoisotopic (exact) mass is 816 g/mol. The zero-order chi connectivity index (χ0) is 36.1. The molecule has 12 heteroatoms. The molecule has 0 unspecified atom stereocenters. The van der Waals surface area contributed by atoms with E-state index in [1.165, 1.54) is 18.6 Å². The summed E-state index contributed by atoms with van der Waals surface area (Å²) in [7, 11) is 0. The first-order chi connectivity index (χ1) is 24.7. The van der Waals surface area contributed by atoms with Gasteiger partial charge < -0.3 is 29.7 Å². The third-order valence-electron chi connectivity index (χ3n) is 9.43. The van der Waals surface area contributed by atoms with Gasteiger partial charge in [0, 0.05) is 6.54 Å². The Hall–Kier alpha value is -3.79. The number of hydrogen-bond acceptors (Lipinski definition) is 10. The fraction of sp³-hybridized carbons (Fsp3) is 0.325. The molecule has 5 rings (SSSR count). The maximum atomic E-state index is 11.6. The van der Waals surface area contributed by atoms with Crippen molar-refractivity contribution in [3.05, 3.63) is 126 Å². The maximum absolute atomic E-state index is 11.6. The Balaban J connectivity index is 0.00000605. The van der Waals surface area contributed by atoms with Crippen LogP contribution < -0.4 is 28.4 Å². The van der Waals surface area contributed by atoms with Crippen molar-refractivity contribution in [2.45, 2.75) is 11.8 Å². The van der Waals surface area contributed by atoms with Gasteiger partial charge in [-0.25, -0.2) is 0 Å². The van der Waals surface area contributed by atoms with E-state index in [4.69, 9.17) is 0 Å². The summed E-state index contributed by atoms with van der Waals surface area (Å²) in [5.41, 5.74) is 2.34. The molecule has 1 fully saturated rings. The molecule has 0 aromatic heterocycles. The van der Waals surface area contributed by atoms with E-state index in [9.17, 15) is 29.7 Å². The van der Waals surface area contributed by atoms with Crippen LogP contribution in [0.25, 0.3) is 0 Å². The third-order valence-corrected chi connectivity index (χ3v) is 18.6. The zero-order valence-corrected chi connectivity index (χ0v) is 32.0. The summed E-state index contributed by atoms with van der Waals surface area (Å²) < 4.78 is 4.13. The second kappa shape index (κ2) is 20.4. The van der Waals surface area contributed by atoms with E-state index in [0.29, 0.717) is 58.9 Å². The number of carbonyl (C=O) groups is 3. The van der Waals surface area contributed by atoms with Crippen molar-refractivity contribution < 1.29 is 46.8 Å². The molecular formula is C40H45AsCuN4O6. The van der Waals surface area contributed by atoms with E-state index in [1.54, 1.807) is 14.7 Å². The second-order valence-corrected chi connectivity index (χ2v) is 20.3. The molecule has 1 aliphatic heterocycles. The van der Waals surface area contributed by atoms with Crippen molar-refractivity contribution in [1.82, 2.24) is 19.6 Å². The van der Waals surface area contributed by atoms with Crippen molar-refractivity contribution in [2.75, 3.05) is 72.0 Å². The minimum atomic E-state index is -2.97. The zero-order valence-electron chi connectivity index (χ0n) is 29.1. The van der Waals surface area contributed by atoms with Crippen LogP contribution in [0.1, 0.15) is 11.1 Å². The minimum absolute atomic E-state index is 0. The molecule has 1 heterocycles. The van der Waals surface area contributed by atoms with Gasteiger partial charge >= 0.3 is 274 Å². The first-order valence-electron chi connectivity index (χ1n) is 17.3. The van der Waals surface area contributed by atoms with Gasteiger partial charge in [-0.2, -0.15) is 0 Å². The molecule has 0 N–H and O–H groups in total. The molecule has 4 aromatic carbocycles. The summed E-state index contributed by atoms with van der Waals surface area (Å²) in [6.07, 6.45) is 0. The van der Waals surface area contributed by atoms with Crippen LogP contribution in [0.15, 0.2) is 115 Å². The van der Waals surface area contributed by atoms with Crippen molar-refractivity contribution in [1.29, 1.82) is 0 Å². The predicted octanol–water partition coefficient (Wildman–Crippen LogP) is -2.09. The van der Waals surface area contributed by atoms with Crippen LogP contribution >= 0.6 is 0 Å². The molecule has 0 saturated carbocycles. The van der Waals surface area contributed by atoms with Crippen LogP contribution in [0.3, 0.4) is 0 Å². The summed E-state index contributed by atoms with van der Waals surface area (Å²) in [4.78, 5) is 41.9. The van der Waals surface area contributed by atoms with Crippen LogP contribution in [0.4, 0.5) is 0 Å². The normalized spacial score (nSPS) is 15.8. The van der Waals surface area contributed by atoms with E-state index in [1.807, 2.05) is 0 Å². The fourth-order valence-corrected chi connectivity index (χ4v) is 15.7. The van der Waals surface area contributed by atoms with Crippen molar-refractivity contribution in [3.8, 4) is 0 Å². The summed E-state index contributed by atoms with van der Waals surface area (Å²) >= 11 is -2.97. The molecule has 1 saturated heterocycles. The van der Waals surface area contributed by atoms with E-state index < -0.39 is 31.5 Å². The number of hydrogen-bond donors (Lipinski definition) is 0. The second-order valence-electron chi connectivity index (χ2n) is 13.0. The Morgan fingerprint density at radius 3 is 1.04 bits per heavy atom. The van der Waals surface area contributed by atoms with Gasteiger partial charge in [0.1, 0.15) is 0 Å². The molecule has 0 aliphatic carbocycles. The molecule has 277 valence electrons. The van der Waals surface area contributed by atoms with E-state index in [-0.39, 0.29) is 36.7 Å². The van der Waals surface area contributed by atoms with Crippen LogP contribution in [-0.2, 0) is 43.2 Å². The molecular weight excluding hydrogens is 771 g/mol. The van der Waals surface area contributed by atoms with Gasteiger partial charge in [-0.1, -0.05) is 0 Å². The van der Waals surface area contributed by atoms with Gasteiger partial charge in [-0.15, -0.1) is 0 Å². The Bertz CT molecular complexity index is 1570. The van der Waals surface area contributed by atoms with Crippen molar-refractivity contribution in [2.24, 2.45) is 0 Å². The van der Waals surface area contributed by atoms with Gasteiger partial charge in [0.15, 0.2) is 0 Å². The Morgan fingerprint density at radius 2 is 0.731 bits per heavy atom. The number of carboxylic acids is 3. The molecule has 4 aromatic rings. The number of aliphatic carboxylic acids is 3. The number of carbonyl (C=O) groups excluding carboxylic acids is 3. The smallest absolute Gasteiger partial charge is 2.00 e. The Morgan fingerprint density at radius 1 is 0.442 bits per heavy atom. The Kier molecular flexibility index (Phi) is 16.1. The van der Waals surface area contributed by atoms with E-state index in [2.05, 4.69) is 120 Å². The fourth-order valence-electron chi connectivity index (χ4n) is 6.81. The van der Waals surface area contributed by atoms with Gasteiger partial charge in [0.05, 0.1) is 5.97 Å². The molecule has 0 spiro atoms. The Labute approximate surface area is 319 Å². The van der Waals surface area contributed by atoms with Gasteiger partial charge in [-0.3, -0.25) is 4.90 Å². The van der Waals surface area contributed by atoms with Crippen molar-refractivity contribution in [3.63, 3.8) is 0 Å². The van der Waals surface area contributed by atoms with Crippen LogP contribution in [0.2, 0.25) is 0 Å². The average molecular weight is 817 g/mol. The number of benzene rings is 4. The number of nitrogens with zero attached hydrogens (tertiary/aromatic N) is 4. The molecule has 1 radical (unpaired) electrons. The quantitative estimate of drug-likeness (QED) is 0.139. The van der Waals surface area contributed by atoms with Crippen LogP contribution in [0.5, 0.6) is 0 Å². The summed E-state index contributed by atoms with van der Waals surface area (Å²) in [5.74, 6) is -3.64. The van der Waals surface area contributed by atoms with Crippen LogP contribution in [-0.4, -0.2) is 123 Å². The molecule has 1 aliphatic rings. The molecule has 52 heavy (non-hydrogen) atoms. The SMILES string of the molecule is O=C([O-])CN1CCN(CC(=O)[O-])CCN(Cc2ccc(C[As+](c3ccccc3)(c3ccccc3)c3ccccc3)cc2)CCN(CC(=O)[O-])CC1.[64Cu+2]. The predicted molar refractivity (Wildman–Crippen MR) is 194 cm³/mol. The number of carboxylic acid groups (broad SMARTS) is 3. The molecule has 10 nitrogen and oxygen atoms in total. The van der Waals surface area contributed by atoms with E-state index >= 15 is 0 Å². The topological polar surface area (TPSA) is 133 Å². The van der Waals surface area contributed by atoms with Gasteiger partial charge in [-0.05, 0) is 0 Å². The minimum Gasteiger partial charge on any atom is 2.00 e. The first-order valence-corrected chi connectivity index (χ1v) is 21.5. The standard InChI is InChI=1S/C40H47AsN4O6.Cu/c46-38(47)30-43-22-20-42(21-23-44(31-39(48)49)25-27-45(26-24-43)32-40(50)51)29-34-18-16-33(17-19-34)28-41(35-10-4-1-5-11-35,36-12-6-2-7-13-36)37-14-8-3-9-15-37;/h1-19H,20-32H2,(H2-,46,47,48,49,50,51);/q;+2/p-2/i;1+0. The molecule has 0 atom stereocenters. The summed E-state index contributed by atoms with van der Waals surface area (Å²) in [5, 5.41) is 35.4. The summed E-state index contributed by atoms with van der Waals surface area (Å²) in [6.45, 7) is 2.87. The van der Waals surface area contributed by atoms with Gasteiger partial charge in [0.25, 0.3) is 0 Å². The van der Waals surface area contributed by atoms with Gasteiger partial charge in [0.2, 0.25) is 0 Å². The third kappa shape index (κ3) is 11.9. The van der Waals surface area contributed by atoms with Crippen molar-refractivity contribution >= 4 is 44.5 Å². The molecule has 0 bridgehead atoms. The molecule has 0 amide bonds. The van der Waals surface area contributed by atoms with Crippen LogP contribution in [0, 0.1) is 0 Å².